The number of urea groups is 1. The van der Waals surface area contributed by atoms with Crippen LogP contribution in [0, 0.1) is 17.3 Å². The van der Waals surface area contributed by atoms with E-state index < -0.39 is 0 Å². The average molecular weight is 484 g/mol. The quantitative estimate of drug-likeness (QED) is 0.541. The summed E-state index contributed by atoms with van der Waals surface area (Å²) in [5, 5.41) is 2.96. The van der Waals surface area contributed by atoms with E-state index in [1.165, 1.54) is 0 Å². The molecule has 0 unspecified atom stereocenters. The van der Waals surface area contributed by atoms with Gasteiger partial charge in [0.05, 0.1) is 12.8 Å². The van der Waals surface area contributed by atoms with Crippen LogP contribution in [0.2, 0.25) is 0 Å². The Morgan fingerprint density at radius 1 is 0.889 bits per heavy atom. The SMILES string of the molecule is COc1ccccc1NC(=O)N1CCC2(CC1)CCN(C(=O)c1ccc(C#Cc3ccccc3)o1)C2. The van der Waals surface area contributed by atoms with Crippen molar-refractivity contribution in [2.45, 2.75) is 19.3 Å². The number of ether oxygens (including phenoxy) is 1. The van der Waals surface area contributed by atoms with Crippen LogP contribution in [0.4, 0.5) is 10.5 Å². The van der Waals surface area contributed by atoms with E-state index in [4.69, 9.17) is 9.15 Å². The number of nitrogens with zero attached hydrogens (tertiary/aromatic N) is 2. The van der Waals surface area contributed by atoms with Crippen LogP contribution in [0.3, 0.4) is 0 Å². The van der Waals surface area contributed by atoms with E-state index in [2.05, 4.69) is 17.2 Å². The fourth-order valence-electron chi connectivity index (χ4n) is 4.97. The van der Waals surface area contributed by atoms with Crippen molar-refractivity contribution in [2.24, 2.45) is 5.41 Å². The summed E-state index contributed by atoms with van der Waals surface area (Å²) in [6, 6.07) is 20.4. The summed E-state index contributed by atoms with van der Waals surface area (Å²) in [6.07, 6.45) is 2.66. The van der Waals surface area contributed by atoms with Crippen LogP contribution in [-0.4, -0.2) is 55.0 Å². The second-order valence-corrected chi connectivity index (χ2v) is 9.37. The number of anilines is 1. The van der Waals surface area contributed by atoms with Crippen molar-refractivity contribution in [1.82, 2.24) is 9.80 Å². The van der Waals surface area contributed by atoms with Crippen LogP contribution in [0.1, 0.15) is 41.1 Å². The van der Waals surface area contributed by atoms with Crippen molar-refractivity contribution < 1.29 is 18.7 Å². The Morgan fingerprint density at radius 2 is 1.58 bits per heavy atom. The first-order chi connectivity index (χ1) is 17.5. The number of para-hydroxylation sites is 2. The Labute approximate surface area is 211 Å². The maximum Gasteiger partial charge on any atom is 0.321 e. The monoisotopic (exact) mass is 483 g/mol. The molecule has 0 saturated carbocycles. The highest BCUT2D eigenvalue weighted by Gasteiger charge is 2.43. The fraction of sp³-hybridized carbons (Fsp3) is 0.310. The first kappa shape index (κ1) is 23.6. The molecule has 3 heterocycles. The summed E-state index contributed by atoms with van der Waals surface area (Å²) in [5.41, 5.74) is 1.60. The van der Waals surface area contributed by atoms with Crippen molar-refractivity contribution in [2.75, 3.05) is 38.6 Å². The van der Waals surface area contributed by atoms with Gasteiger partial charge in [-0.2, -0.15) is 0 Å². The fourth-order valence-corrected chi connectivity index (χ4v) is 4.97. The highest BCUT2D eigenvalue weighted by atomic mass is 16.5. The number of nitrogens with one attached hydrogen (secondary N) is 1. The van der Waals surface area contributed by atoms with E-state index in [0.717, 1.165) is 24.8 Å². The van der Waals surface area contributed by atoms with Crippen LogP contribution in [0.5, 0.6) is 5.75 Å². The largest absolute Gasteiger partial charge is 0.495 e. The van der Waals surface area contributed by atoms with Gasteiger partial charge in [-0.1, -0.05) is 36.3 Å². The van der Waals surface area contributed by atoms with Crippen molar-refractivity contribution in [3.8, 4) is 17.6 Å². The van der Waals surface area contributed by atoms with Gasteiger partial charge >= 0.3 is 6.03 Å². The number of methoxy groups -OCH3 is 1. The molecule has 2 fully saturated rings. The molecule has 0 atom stereocenters. The molecule has 36 heavy (non-hydrogen) atoms. The molecule has 0 bridgehead atoms. The van der Waals surface area contributed by atoms with Crippen LogP contribution in [0.15, 0.2) is 71.1 Å². The molecule has 0 aliphatic carbocycles. The maximum absolute atomic E-state index is 13.1. The van der Waals surface area contributed by atoms with Crippen LogP contribution in [0.25, 0.3) is 0 Å². The number of carbonyl (C=O) groups excluding carboxylic acids is 2. The van der Waals surface area contributed by atoms with Gasteiger partial charge in [0.2, 0.25) is 0 Å². The third-order valence-corrected chi connectivity index (χ3v) is 7.11. The lowest BCUT2D eigenvalue weighted by atomic mass is 9.78. The number of rotatable bonds is 3. The van der Waals surface area contributed by atoms with Crippen LogP contribution in [-0.2, 0) is 0 Å². The zero-order valence-corrected chi connectivity index (χ0v) is 20.3. The lowest BCUT2D eigenvalue weighted by molar-refractivity contribution is 0.0709. The van der Waals surface area contributed by atoms with Gasteiger partial charge in [0, 0.05) is 31.7 Å². The number of carbonyl (C=O) groups is 2. The second kappa shape index (κ2) is 10.2. The summed E-state index contributed by atoms with van der Waals surface area (Å²) in [6.45, 7) is 2.68. The minimum Gasteiger partial charge on any atom is -0.495 e. The molecule has 0 radical (unpaired) electrons. The number of hydrogen-bond acceptors (Lipinski definition) is 4. The van der Waals surface area contributed by atoms with Crippen molar-refractivity contribution in [1.29, 1.82) is 0 Å². The molecule has 5 rings (SSSR count). The lowest BCUT2D eigenvalue weighted by Gasteiger charge is -2.39. The van der Waals surface area contributed by atoms with Crippen molar-refractivity contribution in [3.63, 3.8) is 0 Å². The molecule has 7 heteroatoms. The molecule has 1 aromatic heterocycles. The molecular weight excluding hydrogens is 454 g/mol. The molecule has 3 aromatic rings. The zero-order valence-electron chi connectivity index (χ0n) is 20.3. The smallest absolute Gasteiger partial charge is 0.321 e. The van der Waals surface area contributed by atoms with Gasteiger partial charge in [0.15, 0.2) is 11.5 Å². The summed E-state index contributed by atoms with van der Waals surface area (Å²) in [5.74, 6) is 7.37. The predicted molar refractivity (Wildman–Crippen MR) is 137 cm³/mol. The Bertz CT molecular complexity index is 1300. The molecule has 1 N–H and O–H groups in total. The van der Waals surface area contributed by atoms with Gasteiger partial charge in [0.25, 0.3) is 5.91 Å². The van der Waals surface area contributed by atoms with E-state index in [0.29, 0.717) is 49.1 Å². The summed E-state index contributed by atoms with van der Waals surface area (Å²) in [7, 11) is 1.59. The van der Waals surface area contributed by atoms with E-state index in [9.17, 15) is 9.59 Å². The highest BCUT2D eigenvalue weighted by Crippen LogP contribution is 2.41. The molecule has 7 nitrogen and oxygen atoms in total. The van der Waals surface area contributed by atoms with Gasteiger partial charge in [-0.15, -0.1) is 0 Å². The molecule has 1 spiro atoms. The standard InChI is InChI=1S/C29H29N3O4/c1-35-25-10-6-5-9-24(25)30-28(34)31-18-15-29(16-19-31)17-20-32(21-29)27(33)26-14-13-23(36-26)12-11-22-7-3-2-4-8-22/h2-10,13-14H,15-21H2,1H3,(H,30,34). The average Bonchev–Trinajstić information content (AvgIpc) is 3.56. The number of amides is 3. The molecule has 2 aliphatic rings. The van der Waals surface area contributed by atoms with Crippen molar-refractivity contribution in [3.05, 3.63) is 83.8 Å². The van der Waals surface area contributed by atoms with Gasteiger partial charge in [-0.25, -0.2) is 4.79 Å². The summed E-state index contributed by atoms with van der Waals surface area (Å²) >= 11 is 0. The predicted octanol–water partition coefficient (Wildman–Crippen LogP) is 4.85. The number of furan rings is 1. The molecule has 2 aromatic carbocycles. The maximum atomic E-state index is 13.1. The summed E-state index contributed by atoms with van der Waals surface area (Å²) in [4.78, 5) is 29.6. The molecular formula is C29H29N3O4. The van der Waals surface area contributed by atoms with E-state index in [-0.39, 0.29) is 17.4 Å². The Kier molecular flexibility index (Phi) is 6.68. The molecule has 2 saturated heterocycles. The van der Waals surface area contributed by atoms with Crippen molar-refractivity contribution >= 4 is 17.6 Å². The van der Waals surface area contributed by atoms with Gasteiger partial charge in [-0.05, 0) is 67.0 Å². The lowest BCUT2D eigenvalue weighted by Crippen LogP contribution is -2.46. The van der Waals surface area contributed by atoms with Gasteiger partial charge in [-0.3, -0.25) is 4.79 Å². The normalized spacial score (nSPS) is 16.4. The third kappa shape index (κ3) is 5.08. The first-order valence-corrected chi connectivity index (χ1v) is 12.2. The van der Waals surface area contributed by atoms with E-state index >= 15 is 0 Å². The highest BCUT2D eigenvalue weighted by molar-refractivity contribution is 5.92. The second-order valence-electron chi connectivity index (χ2n) is 9.37. The van der Waals surface area contributed by atoms with E-state index in [1.54, 1.807) is 19.2 Å². The number of hydrogen-bond donors (Lipinski definition) is 1. The molecule has 2 aliphatic heterocycles. The van der Waals surface area contributed by atoms with Gasteiger partial charge in [0.1, 0.15) is 5.75 Å². The van der Waals surface area contributed by atoms with Gasteiger partial charge < -0.3 is 24.3 Å². The Hall–Kier alpha value is -4.18. The van der Waals surface area contributed by atoms with E-state index in [1.807, 2.05) is 64.4 Å². The summed E-state index contributed by atoms with van der Waals surface area (Å²) < 4.78 is 11.1. The number of piperidine rings is 1. The van der Waals surface area contributed by atoms with Crippen LogP contribution >= 0.6 is 0 Å². The topological polar surface area (TPSA) is 75.0 Å². The van der Waals surface area contributed by atoms with Crippen LogP contribution < -0.4 is 10.1 Å². The zero-order chi connectivity index (χ0) is 25.0. The molecule has 184 valence electrons. The first-order valence-electron chi connectivity index (χ1n) is 12.2. The number of likely N-dealkylation sites (tertiary alicyclic amines) is 2. The third-order valence-electron chi connectivity index (χ3n) is 7.11. The Morgan fingerprint density at radius 3 is 2.33 bits per heavy atom. The molecule has 3 amide bonds. The minimum absolute atomic E-state index is 0.0411. The Balaban J connectivity index is 1.16. The minimum atomic E-state index is -0.125. The number of benzene rings is 2.